The number of benzene rings is 1. The first kappa shape index (κ1) is 12.3. The molecule has 2 atom stereocenters. The number of likely N-dealkylation sites (tertiary alicyclic amines) is 1. The van der Waals surface area contributed by atoms with Crippen molar-refractivity contribution in [3.05, 3.63) is 48.0 Å². The summed E-state index contributed by atoms with van der Waals surface area (Å²) < 4.78 is 0. The molecule has 0 spiro atoms. The van der Waals surface area contributed by atoms with Gasteiger partial charge in [-0.1, -0.05) is 42.5 Å². The Balaban J connectivity index is 1.99. The zero-order valence-corrected chi connectivity index (χ0v) is 10.5. The fourth-order valence-corrected chi connectivity index (χ4v) is 2.67. The van der Waals surface area contributed by atoms with Gasteiger partial charge in [-0.3, -0.25) is 4.90 Å². The van der Waals surface area contributed by atoms with Crippen molar-refractivity contribution in [2.24, 2.45) is 11.8 Å². The van der Waals surface area contributed by atoms with E-state index in [9.17, 15) is 5.11 Å². The fraction of sp³-hybridized carbons (Fsp3) is 0.467. The monoisotopic (exact) mass is 231 g/mol. The van der Waals surface area contributed by atoms with E-state index in [1.54, 1.807) is 0 Å². The van der Waals surface area contributed by atoms with Gasteiger partial charge in [0.2, 0.25) is 0 Å². The average molecular weight is 231 g/mol. The van der Waals surface area contributed by atoms with Gasteiger partial charge >= 0.3 is 0 Å². The molecule has 0 amide bonds. The Hall–Kier alpha value is -1.12. The van der Waals surface area contributed by atoms with Crippen molar-refractivity contribution in [1.82, 2.24) is 4.90 Å². The third-order valence-electron chi connectivity index (χ3n) is 3.63. The maximum absolute atomic E-state index is 9.40. The lowest BCUT2D eigenvalue weighted by molar-refractivity contribution is 0.208. The molecule has 0 radical (unpaired) electrons. The molecule has 0 bridgehead atoms. The van der Waals surface area contributed by atoms with Gasteiger partial charge in [0.1, 0.15) is 0 Å². The van der Waals surface area contributed by atoms with E-state index >= 15 is 0 Å². The minimum atomic E-state index is 0.267. The minimum Gasteiger partial charge on any atom is -0.396 e. The first-order valence-corrected chi connectivity index (χ1v) is 6.23. The third-order valence-corrected chi connectivity index (χ3v) is 3.63. The maximum atomic E-state index is 9.40. The molecule has 2 heteroatoms. The Labute approximate surface area is 104 Å². The zero-order valence-electron chi connectivity index (χ0n) is 10.5. The first-order chi connectivity index (χ1) is 8.20. The van der Waals surface area contributed by atoms with Gasteiger partial charge < -0.3 is 5.11 Å². The van der Waals surface area contributed by atoms with Crippen LogP contribution in [0.25, 0.3) is 0 Å². The van der Waals surface area contributed by atoms with Crippen LogP contribution < -0.4 is 0 Å². The Morgan fingerprint density at radius 2 is 2.06 bits per heavy atom. The molecule has 0 saturated carbocycles. The summed E-state index contributed by atoms with van der Waals surface area (Å²) in [6.45, 7) is 9.35. The third kappa shape index (κ3) is 2.96. The van der Waals surface area contributed by atoms with Crippen molar-refractivity contribution in [3.63, 3.8) is 0 Å². The summed E-state index contributed by atoms with van der Waals surface area (Å²) in [5.74, 6) is 0.805. The highest BCUT2D eigenvalue weighted by Gasteiger charge is 2.32. The quantitative estimate of drug-likeness (QED) is 0.804. The van der Waals surface area contributed by atoms with E-state index in [0.29, 0.717) is 11.8 Å². The normalized spacial score (nSPS) is 25.1. The van der Waals surface area contributed by atoms with E-state index in [1.807, 2.05) is 6.07 Å². The molecule has 1 aliphatic heterocycles. The van der Waals surface area contributed by atoms with Gasteiger partial charge in [-0.15, -0.1) is 0 Å². The van der Waals surface area contributed by atoms with E-state index in [-0.39, 0.29) is 6.61 Å². The second-order valence-corrected chi connectivity index (χ2v) is 5.08. The number of hydrogen-bond donors (Lipinski definition) is 1. The van der Waals surface area contributed by atoms with Crippen LogP contribution in [0.4, 0.5) is 0 Å². The molecule has 2 nitrogen and oxygen atoms in total. The second kappa shape index (κ2) is 5.48. The summed E-state index contributed by atoms with van der Waals surface area (Å²) in [7, 11) is 0. The van der Waals surface area contributed by atoms with Crippen molar-refractivity contribution >= 4 is 0 Å². The lowest BCUT2D eigenvalue weighted by Gasteiger charge is -2.16. The highest BCUT2D eigenvalue weighted by atomic mass is 16.3. The molecular formula is C15H21NO. The molecule has 1 aliphatic rings. The van der Waals surface area contributed by atoms with E-state index < -0.39 is 0 Å². The van der Waals surface area contributed by atoms with Crippen LogP contribution in [0.5, 0.6) is 0 Å². The summed E-state index contributed by atoms with van der Waals surface area (Å²) in [5, 5.41) is 9.40. The van der Waals surface area contributed by atoms with Gasteiger partial charge in [0, 0.05) is 32.2 Å². The summed E-state index contributed by atoms with van der Waals surface area (Å²) in [5.41, 5.74) is 2.53. The molecule has 1 heterocycles. The molecule has 0 aliphatic carbocycles. The van der Waals surface area contributed by atoms with Crippen molar-refractivity contribution in [1.29, 1.82) is 0 Å². The molecule has 1 N–H and O–H groups in total. The number of nitrogens with zero attached hydrogens (tertiary/aromatic N) is 1. The Morgan fingerprint density at radius 3 is 2.59 bits per heavy atom. The Bertz CT molecular complexity index is 374. The van der Waals surface area contributed by atoms with Crippen molar-refractivity contribution in [2.75, 3.05) is 19.7 Å². The maximum Gasteiger partial charge on any atom is 0.0477 e. The van der Waals surface area contributed by atoms with Crippen LogP contribution in [0.15, 0.2) is 42.5 Å². The highest BCUT2D eigenvalue weighted by Crippen LogP contribution is 2.29. The van der Waals surface area contributed by atoms with Crippen LogP contribution in [-0.2, 0) is 6.54 Å². The van der Waals surface area contributed by atoms with Crippen LogP contribution in [0, 0.1) is 11.8 Å². The molecule has 0 aromatic heterocycles. The Morgan fingerprint density at radius 1 is 1.35 bits per heavy atom. The largest absolute Gasteiger partial charge is 0.396 e. The van der Waals surface area contributed by atoms with Crippen LogP contribution in [-0.4, -0.2) is 29.7 Å². The van der Waals surface area contributed by atoms with Crippen LogP contribution in [0.1, 0.15) is 12.5 Å². The standard InChI is InChI=1S/C15H21NO/c1-12(2)15-10-16(9-14(15)11-17)8-13-6-4-3-5-7-13/h3-7,14-15,17H,1,8-11H2,2H3/t14-,15-/m0/s1. The zero-order chi connectivity index (χ0) is 12.3. The number of aliphatic hydroxyl groups excluding tert-OH is 1. The van der Waals surface area contributed by atoms with Gasteiger partial charge in [0.15, 0.2) is 0 Å². The van der Waals surface area contributed by atoms with E-state index in [1.165, 1.54) is 11.1 Å². The predicted molar refractivity (Wildman–Crippen MR) is 70.6 cm³/mol. The second-order valence-electron chi connectivity index (χ2n) is 5.08. The van der Waals surface area contributed by atoms with Crippen molar-refractivity contribution < 1.29 is 5.11 Å². The predicted octanol–water partition coefficient (Wildman–Crippen LogP) is 2.30. The summed E-state index contributed by atoms with van der Waals surface area (Å²) in [6, 6.07) is 10.5. The molecule has 1 fully saturated rings. The molecule has 0 unspecified atom stereocenters. The summed E-state index contributed by atoms with van der Waals surface area (Å²) in [4.78, 5) is 2.41. The van der Waals surface area contributed by atoms with Crippen LogP contribution >= 0.6 is 0 Å². The van der Waals surface area contributed by atoms with Gasteiger partial charge in [0.05, 0.1) is 0 Å². The van der Waals surface area contributed by atoms with Gasteiger partial charge in [-0.05, 0) is 18.4 Å². The van der Waals surface area contributed by atoms with E-state index in [0.717, 1.165) is 19.6 Å². The number of hydrogen-bond acceptors (Lipinski definition) is 2. The lowest BCUT2D eigenvalue weighted by atomic mass is 9.91. The topological polar surface area (TPSA) is 23.5 Å². The molecule has 2 rings (SSSR count). The molecular weight excluding hydrogens is 210 g/mol. The molecule has 1 aromatic carbocycles. The highest BCUT2D eigenvalue weighted by molar-refractivity contribution is 5.15. The van der Waals surface area contributed by atoms with E-state index in [2.05, 4.69) is 42.7 Å². The van der Waals surface area contributed by atoms with Gasteiger partial charge in [-0.2, -0.15) is 0 Å². The SMILES string of the molecule is C=C(C)[C@@H]1CN(Cc2ccccc2)C[C@H]1CO. The minimum absolute atomic E-state index is 0.267. The first-order valence-electron chi connectivity index (χ1n) is 6.23. The summed E-state index contributed by atoms with van der Waals surface area (Å²) in [6.07, 6.45) is 0. The Kier molecular flexibility index (Phi) is 3.97. The van der Waals surface area contributed by atoms with Crippen LogP contribution in [0.3, 0.4) is 0 Å². The molecule has 17 heavy (non-hydrogen) atoms. The summed E-state index contributed by atoms with van der Waals surface area (Å²) >= 11 is 0. The van der Waals surface area contributed by atoms with E-state index in [4.69, 9.17) is 0 Å². The smallest absolute Gasteiger partial charge is 0.0477 e. The number of rotatable bonds is 4. The average Bonchev–Trinajstić information content (AvgIpc) is 2.73. The fourth-order valence-electron chi connectivity index (χ4n) is 2.67. The van der Waals surface area contributed by atoms with Crippen molar-refractivity contribution in [3.8, 4) is 0 Å². The molecule has 92 valence electrons. The van der Waals surface area contributed by atoms with Crippen LogP contribution in [0.2, 0.25) is 0 Å². The van der Waals surface area contributed by atoms with Gasteiger partial charge in [-0.25, -0.2) is 0 Å². The number of aliphatic hydroxyl groups is 1. The molecule has 1 saturated heterocycles. The molecule has 1 aromatic rings. The van der Waals surface area contributed by atoms with Crippen molar-refractivity contribution in [2.45, 2.75) is 13.5 Å². The lowest BCUT2D eigenvalue weighted by Crippen LogP contribution is -2.20. The van der Waals surface area contributed by atoms with Gasteiger partial charge in [0.25, 0.3) is 0 Å².